The quantitative estimate of drug-likeness (QED) is 0.167. The predicted octanol–water partition coefficient (Wildman–Crippen LogP) is 14.3. The molecule has 0 bridgehead atoms. The van der Waals surface area contributed by atoms with Gasteiger partial charge in [-0.2, -0.15) is 0 Å². The Labute approximate surface area is 314 Å². The smallest absolute Gasteiger partial charge is 0.138 e. The molecule has 10 aromatic rings. The van der Waals surface area contributed by atoms with E-state index in [0.29, 0.717) is 0 Å². The van der Waals surface area contributed by atoms with E-state index in [9.17, 15) is 0 Å². The highest BCUT2D eigenvalue weighted by molar-refractivity contribution is 6.15. The third kappa shape index (κ3) is 5.69. The number of pyridine rings is 1. The van der Waals surface area contributed by atoms with Gasteiger partial charge in [0.05, 0.1) is 22.3 Å². The van der Waals surface area contributed by atoms with E-state index in [0.717, 1.165) is 72.3 Å². The van der Waals surface area contributed by atoms with Crippen LogP contribution in [-0.4, -0.2) is 4.98 Å². The zero-order chi connectivity index (χ0) is 35.8. The molecule has 2 aromatic heterocycles. The van der Waals surface area contributed by atoms with Gasteiger partial charge in [0.1, 0.15) is 11.2 Å². The van der Waals surface area contributed by atoms with Crippen molar-refractivity contribution in [2.24, 2.45) is 0 Å². The first kappa shape index (κ1) is 31.5. The maximum atomic E-state index is 6.72. The summed E-state index contributed by atoms with van der Waals surface area (Å²) >= 11 is 0. The van der Waals surface area contributed by atoms with Gasteiger partial charge in [-0.15, -0.1) is 0 Å². The number of hydrogen-bond acceptors (Lipinski definition) is 3. The molecule has 0 amide bonds. The normalized spacial score (nSPS) is 11.3. The highest BCUT2D eigenvalue weighted by Crippen LogP contribution is 2.46. The minimum absolute atomic E-state index is 0.831. The van der Waals surface area contributed by atoms with Crippen molar-refractivity contribution >= 4 is 49.9 Å². The SMILES string of the molecule is c1ccc(-c2ccc(N(c3ccc(-c4ccccc4)cc3)c3cc(-c4cc(-c5ccccc5)nc5ccccc45)cc4oc5ccccc5c34)cc2)cc1. The first-order chi connectivity index (χ1) is 26.8. The predicted molar refractivity (Wildman–Crippen MR) is 225 cm³/mol. The maximum Gasteiger partial charge on any atom is 0.138 e. The van der Waals surface area contributed by atoms with Crippen LogP contribution in [0.2, 0.25) is 0 Å². The highest BCUT2D eigenvalue weighted by Gasteiger charge is 2.22. The number of fused-ring (bicyclic) bond motifs is 4. The molecule has 0 saturated heterocycles. The zero-order valence-corrected chi connectivity index (χ0v) is 29.4. The molecule has 0 radical (unpaired) electrons. The van der Waals surface area contributed by atoms with Crippen molar-refractivity contribution < 1.29 is 4.42 Å². The fourth-order valence-corrected chi connectivity index (χ4v) is 7.63. The van der Waals surface area contributed by atoms with Crippen molar-refractivity contribution in [3.8, 4) is 44.6 Å². The molecule has 0 unspecified atom stereocenters. The second-order valence-corrected chi connectivity index (χ2v) is 13.6. The van der Waals surface area contributed by atoms with E-state index < -0.39 is 0 Å². The molecular formula is C51H34N2O. The van der Waals surface area contributed by atoms with Crippen LogP contribution in [-0.2, 0) is 0 Å². The Morgan fingerprint density at radius 2 is 0.870 bits per heavy atom. The number of para-hydroxylation sites is 2. The van der Waals surface area contributed by atoms with Crippen molar-refractivity contribution in [2.45, 2.75) is 0 Å². The summed E-state index contributed by atoms with van der Waals surface area (Å²) in [5.41, 5.74) is 14.6. The first-order valence-electron chi connectivity index (χ1n) is 18.3. The molecule has 2 heterocycles. The fraction of sp³-hybridized carbons (Fsp3) is 0. The van der Waals surface area contributed by atoms with E-state index in [1.807, 2.05) is 12.1 Å². The summed E-state index contributed by atoms with van der Waals surface area (Å²) in [6.07, 6.45) is 0. The summed E-state index contributed by atoms with van der Waals surface area (Å²) in [4.78, 5) is 7.49. The van der Waals surface area contributed by atoms with Gasteiger partial charge >= 0.3 is 0 Å². The summed E-state index contributed by atoms with van der Waals surface area (Å²) in [5.74, 6) is 0. The van der Waals surface area contributed by atoms with E-state index in [4.69, 9.17) is 9.40 Å². The van der Waals surface area contributed by atoms with Crippen molar-refractivity contribution in [1.29, 1.82) is 0 Å². The molecule has 0 spiro atoms. The van der Waals surface area contributed by atoms with Crippen molar-refractivity contribution in [1.82, 2.24) is 4.98 Å². The number of furan rings is 1. The Balaban J connectivity index is 1.23. The second-order valence-electron chi connectivity index (χ2n) is 13.6. The summed E-state index contributed by atoms with van der Waals surface area (Å²) in [6, 6.07) is 72.8. The molecule has 0 aliphatic rings. The third-order valence-corrected chi connectivity index (χ3v) is 10.3. The number of anilines is 3. The molecule has 0 fully saturated rings. The monoisotopic (exact) mass is 690 g/mol. The number of benzene rings is 8. The van der Waals surface area contributed by atoms with Gasteiger partial charge in [-0.25, -0.2) is 4.98 Å². The Hall–Kier alpha value is -7.23. The number of hydrogen-bond donors (Lipinski definition) is 0. The van der Waals surface area contributed by atoms with Crippen molar-refractivity contribution in [3.63, 3.8) is 0 Å². The van der Waals surface area contributed by atoms with E-state index in [1.54, 1.807) is 0 Å². The third-order valence-electron chi connectivity index (χ3n) is 10.3. The number of aromatic nitrogens is 1. The Morgan fingerprint density at radius 1 is 0.370 bits per heavy atom. The second kappa shape index (κ2) is 13.4. The number of rotatable bonds is 7. The average Bonchev–Trinajstić information content (AvgIpc) is 3.63. The van der Waals surface area contributed by atoms with Crippen LogP contribution in [0.3, 0.4) is 0 Å². The van der Waals surface area contributed by atoms with E-state index in [1.165, 1.54) is 22.3 Å². The topological polar surface area (TPSA) is 29.3 Å². The largest absolute Gasteiger partial charge is 0.456 e. The Morgan fingerprint density at radius 3 is 1.48 bits per heavy atom. The van der Waals surface area contributed by atoms with Gasteiger partial charge < -0.3 is 9.32 Å². The Kier molecular flexibility index (Phi) is 7.81. The average molecular weight is 691 g/mol. The van der Waals surface area contributed by atoms with Crippen LogP contribution in [0, 0.1) is 0 Å². The van der Waals surface area contributed by atoms with Crippen molar-refractivity contribution in [3.05, 3.63) is 206 Å². The molecule has 0 atom stereocenters. The fourth-order valence-electron chi connectivity index (χ4n) is 7.63. The van der Waals surface area contributed by atoms with E-state index in [-0.39, 0.29) is 0 Å². The van der Waals surface area contributed by atoms with Crippen LogP contribution in [0.4, 0.5) is 17.1 Å². The minimum atomic E-state index is 0.831. The lowest BCUT2D eigenvalue weighted by Gasteiger charge is -2.27. The molecule has 254 valence electrons. The summed E-state index contributed by atoms with van der Waals surface area (Å²) in [6.45, 7) is 0. The summed E-state index contributed by atoms with van der Waals surface area (Å²) in [7, 11) is 0. The highest BCUT2D eigenvalue weighted by atomic mass is 16.3. The van der Waals surface area contributed by atoms with Crippen LogP contribution >= 0.6 is 0 Å². The van der Waals surface area contributed by atoms with Gasteiger partial charge in [-0.1, -0.05) is 152 Å². The van der Waals surface area contributed by atoms with Gasteiger partial charge in [-0.05, 0) is 88.0 Å². The first-order valence-corrected chi connectivity index (χ1v) is 18.3. The van der Waals surface area contributed by atoms with Crippen molar-refractivity contribution in [2.75, 3.05) is 4.90 Å². The molecule has 0 aliphatic carbocycles. The van der Waals surface area contributed by atoms with Crippen LogP contribution in [0.15, 0.2) is 211 Å². The number of nitrogens with zero attached hydrogens (tertiary/aromatic N) is 2. The van der Waals surface area contributed by atoms with Crippen LogP contribution in [0.25, 0.3) is 77.5 Å². The molecule has 10 rings (SSSR count). The maximum absolute atomic E-state index is 6.72. The molecule has 0 aliphatic heterocycles. The molecule has 0 saturated carbocycles. The molecule has 8 aromatic carbocycles. The van der Waals surface area contributed by atoms with Gasteiger partial charge in [-0.3, -0.25) is 0 Å². The molecule has 0 N–H and O–H groups in total. The Bertz CT molecular complexity index is 2820. The van der Waals surface area contributed by atoms with Crippen LogP contribution in [0.1, 0.15) is 0 Å². The van der Waals surface area contributed by atoms with Crippen LogP contribution < -0.4 is 4.90 Å². The lowest BCUT2D eigenvalue weighted by molar-refractivity contribution is 0.669. The molecular weight excluding hydrogens is 657 g/mol. The van der Waals surface area contributed by atoms with Gasteiger partial charge in [0.25, 0.3) is 0 Å². The summed E-state index contributed by atoms with van der Waals surface area (Å²) in [5, 5.41) is 3.23. The lowest BCUT2D eigenvalue weighted by atomic mass is 9.95. The van der Waals surface area contributed by atoms with Gasteiger partial charge in [0.2, 0.25) is 0 Å². The molecule has 54 heavy (non-hydrogen) atoms. The summed E-state index contributed by atoms with van der Waals surface area (Å²) < 4.78 is 6.72. The standard InChI is InChI=1S/C51H34N2O/c1-4-14-35(15-5-1)37-24-28-41(29-25-37)53(42-30-26-38(27-31-42)36-16-6-2-7-17-36)48-32-40(33-50-51(48)44-21-11-13-23-49(44)54-50)45-34-47(39-18-8-3-9-19-39)52-46-22-12-10-20-43(45)46/h1-34H. The van der Waals surface area contributed by atoms with Gasteiger partial charge in [0, 0.05) is 27.7 Å². The molecule has 3 nitrogen and oxygen atoms in total. The molecule has 3 heteroatoms. The minimum Gasteiger partial charge on any atom is -0.456 e. The van der Waals surface area contributed by atoms with E-state index >= 15 is 0 Å². The van der Waals surface area contributed by atoms with E-state index in [2.05, 4.69) is 199 Å². The lowest BCUT2D eigenvalue weighted by Crippen LogP contribution is -2.10. The van der Waals surface area contributed by atoms with Gasteiger partial charge in [0.15, 0.2) is 0 Å². The zero-order valence-electron chi connectivity index (χ0n) is 29.4. The van der Waals surface area contributed by atoms with Crippen LogP contribution in [0.5, 0.6) is 0 Å².